The molecule has 1 amide bonds. The fraction of sp³-hybridized carbons (Fsp3) is 0.294. The van der Waals surface area contributed by atoms with Crippen molar-refractivity contribution in [2.45, 2.75) is 6.92 Å². The Kier molecular flexibility index (Phi) is 4.34. The molecular formula is C17H19N3O2. The minimum absolute atomic E-state index is 0.123. The molecule has 0 unspecified atom stereocenters. The smallest absolute Gasteiger partial charge is 0.255 e. The number of carbonyl (C=O) groups is 1. The van der Waals surface area contributed by atoms with E-state index in [-0.39, 0.29) is 5.91 Å². The van der Waals surface area contributed by atoms with Crippen LogP contribution < -0.4 is 10.2 Å². The normalized spacial score (nSPS) is 14.7. The van der Waals surface area contributed by atoms with Gasteiger partial charge in [0.05, 0.1) is 13.2 Å². The van der Waals surface area contributed by atoms with Crippen LogP contribution in [0.15, 0.2) is 42.6 Å². The minimum atomic E-state index is -0.123. The Bertz CT molecular complexity index is 666. The van der Waals surface area contributed by atoms with Gasteiger partial charge in [0.2, 0.25) is 0 Å². The van der Waals surface area contributed by atoms with Crippen molar-refractivity contribution < 1.29 is 9.53 Å². The van der Waals surface area contributed by atoms with Crippen molar-refractivity contribution in [2.24, 2.45) is 0 Å². The number of pyridine rings is 1. The molecule has 0 atom stereocenters. The third kappa shape index (κ3) is 3.43. The highest BCUT2D eigenvalue weighted by atomic mass is 16.5. The van der Waals surface area contributed by atoms with E-state index in [4.69, 9.17) is 4.74 Å². The van der Waals surface area contributed by atoms with Gasteiger partial charge in [-0.3, -0.25) is 4.79 Å². The number of aromatic nitrogens is 1. The Balaban J connectivity index is 1.75. The average Bonchev–Trinajstić information content (AvgIpc) is 2.56. The summed E-state index contributed by atoms with van der Waals surface area (Å²) in [5.41, 5.74) is 2.52. The van der Waals surface area contributed by atoms with Crippen LogP contribution in [-0.4, -0.2) is 37.2 Å². The lowest BCUT2D eigenvalue weighted by Crippen LogP contribution is -2.36. The van der Waals surface area contributed by atoms with Crippen LogP contribution in [0.2, 0.25) is 0 Å². The summed E-state index contributed by atoms with van der Waals surface area (Å²) in [6.07, 6.45) is 1.68. The summed E-state index contributed by atoms with van der Waals surface area (Å²) in [7, 11) is 0. The van der Waals surface area contributed by atoms with Gasteiger partial charge >= 0.3 is 0 Å². The van der Waals surface area contributed by atoms with Crippen molar-refractivity contribution in [3.8, 4) is 0 Å². The maximum absolute atomic E-state index is 12.4. The maximum Gasteiger partial charge on any atom is 0.255 e. The lowest BCUT2D eigenvalue weighted by Gasteiger charge is -2.27. The van der Waals surface area contributed by atoms with E-state index in [1.807, 2.05) is 37.3 Å². The van der Waals surface area contributed by atoms with E-state index < -0.39 is 0 Å². The molecule has 1 aromatic heterocycles. The predicted molar refractivity (Wildman–Crippen MR) is 86.4 cm³/mol. The van der Waals surface area contributed by atoms with Gasteiger partial charge in [-0.1, -0.05) is 12.1 Å². The zero-order valence-corrected chi connectivity index (χ0v) is 12.6. The first-order valence-electron chi connectivity index (χ1n) is 7.39. The number of nitrogens with one attached hydrogen (secondary N) is 1. The molecule has 5 heteroatoms. The highest BCUT2D eigenvalue weighted by Gasteiger charge is 2.14. The molecule has 114 valence electrons. The van der Waals surface area contributed by atoms with Gasteiger partial charge in [0.25, 0.3) is 5.91 Å². The largest absolute Gasteiger partial charge is 0.378 e. The SMILES string of the molecule is Cc1cccc(NC(=O)c2ccnc(N3CCOCC3)c2)c1. The van der Waals surface area contributed by atoms with Crippen LogP contribution in [0.5, 0.6) is 0 Å². The van der Waals surface area contributed by atoms with Crippen molar-refractivity contribution in [2.75, 3.05) is 36.5 Å². The van der Waals surface area contributed by atoms with Gasteiger partial charge in [-0.25, -0.2) is 4.98 Å². The summed E-state index contributed by atoms with van der Waals surface area (Å²) in [5, 5.41) is 2.92. The molecule has 0 bridgehead atoms. The summed E-state index contributed by atoms with van der Waals surface area (Å²) < 4.78 is 5.34. The number of hydrogen-bond acceptors (Lipinski definition) is 4. The minimum Gasteiger partial charge on any atom is -0.378 e. The number of nitrogens with zero attached hydrogens (tertiary/aromatic N) is 2. The predicted octanol–water partition coefficient (Wildman–Crippen LogP) is 2.48. The molecule has 1 aromatic carbocycles. The molecular weight excluding hydrogens is 278 g/mol. The van der Waals surface area contributed by atoms with Gasteiger partial charge in [-0.05, 0) is 36.8 Å². The molecule has 1 aliphatic rings. The molecule has 22 heavy (non-hydrogen) atoms. The van der Waals surface area contributed by atoms with Crippen molar-refractivity contribution in [1.29, 1.82) is 0 Å². The van der Waals surface area contributed by atoms with Crippen molar-refractivity contribution in [1.82, 2.24) is 4.98 Å². The Morgan fingerprint density at radius 1 is 1.23 bits per heavy atom. The van der Waals surface area contributed by atoms with Gasteiger partial charge in [0, 0.05) is 30.5 Å². The second-order valence-corrected chi connectivity index (χ2v) is 5.33. The maximum atomic E-state index is 12.4. The van der Waals surface area contributed by atoms with Gasteiger partial charge in [-0.2, -0.15) is 0 Å². The summed E-state index contributed by atoms with van der Waals surface area (Å²) in [4.78, 5) is 18.9. The molecule has 5 nitrogen and oxygen atoms in total. The number of aryl methyl sites for hydroxylation is 1. The first-order valence-corrected chi connectivity index (χ1v) is 7.39. The second kappa shape index (κ2) is 6.58. The number of benzene rings is 1. The van der Waals surface area contributed by atoms with E-state index >= 15 is 0 Å². The molecule has 0 spiro atoms. The van der Waals surface area contributed by atoms with E-state index in [1.54, 1.807) is 12.3 Å². The lowest BCUT2D eigenvalue weighted by atomic mass is 10.2. The van der Waals surface area contributed by atoms with Gasteiger partial charge < -0.3 is 15.0 Å². The quantitative estimate of drug-likeness (QED) is 0.945. The molecule has 0 radical (unpaired) electrons. The number of amides is 1. The van der Waals surface area contributed by atoms with E-state index in [9.17, 15) is 4.79 Å². The van der Waals surface area contributed by atoms with Crippen LogP contribution in [0.1, 0.15) is 15.9 Å². The number of carbonyl (C=O) groups excluding carboxylic acids is 1. The van der Waals surface area contributed by atoms with E-state index in [2.05, 4.69) is 15.2 Å². The topological polar surface area (TPSA) is 54.5 Å². The fourth-order valence-electron chi connectivity index (χ4n) is 2.45. The lowest BCUT2D eigenvalue weighted by molar-refractivity contribution is 0.102. The van der Waals surface area contributed by atoms with E-state index in [0.717, 1.165) is 30.2 Å². The summed E-state index contributed by atoms with van der Waals surface area (Å²) >= 11 is 0. The Morgan fingerprint density at radius 3 is 2.82 bits per heavy atom. The number of hydrogen-bond donors (Lipinski definition) is 1. The Labute approximate surface area is 129 Å². The van der Waals surface area contributed by atoms with Crippen molar-refractivity contribution in [3.05, 3.63) is 53.7 Å². The zero-order chi connectivity index (χ0) is 15.4. The molecule has 0 aliphatic carbocycles. The summed E-state index contributed by atoms with van der Waals surface area (Å²) in [5.74, 6) is 0.697. The Morgan fingerprint density at radius 2 is 2.05 bits per heavy atom. The highest BCUT2D eigenvalue weighted by Crippen LogP contribution is 2.16. The average molecular weight is 297 g/mol. The second-order valence-electron chi connectivity index (χ2n) is 5.33. The number of morpholine rings is 1. The van der Waals surface area contributed by atoms with Crippen molar-refractivity contribution in [3.63, 3.8) is 0 Å². The summed E-state index contributed by atoms with van der Waals surface area (Å²) in [6.45, 7) is 4.99. The first-order chi connectivity index (χ1) is 10.7. The van der Waals surface area contributed by atoms with Crippen LogP contribution in [0, 0.1) is 6.92 Å². The van der Waals surface area contributed by atoms with Crippen LogP contribution in [0.25, 0.3) is 0 Å². The fourth-order valence-corrected chi connectivity index (χ4v) is 2.45. The Hall–Kier alpha value is -2.40. The zero-order valence-electron chi connectivity index (χ0n) is 12.6. The molecule has 1 aliphatic heterocycles. The van der Waals surface area contributed by atoms with E-state index in [0.29, 0.717) is 18.8 Å². The monoisotopic (exact) mass is 297 g/mol. The van der Waals surface area contributed by atoms with Crippen LogP contribution in [-0.2, 0) is 4.74 Å². The molecule has 1 fully saturated rings. The van der Waals surface area contributed by atoms with E-state index in [1.165, 1.54) is 0 Å². The summed E-state index contributed by atoms with van der Waals surface area (Å²) in [6, 6.07) is 11.3. The molecule has 2 aromatic rings. The molecule has 2 heterocycles. The van der Waals surface area contributed by atoms with Gasteiger partial charge in [0.15, 0.2) is 0 Å². The van der Waals surface area contributed by atoms with Crippen LogP contribution in [0.4, 0.5) is 11.5 Å². The standard InChI is InChI=1S/C17H19N3O2/c1-13-3-2-4-15(11-13)19-17(21)14-5-6-18-16(12-14)20-7-9-22-10-8-20/h2-6,11-12H,7-10H2,1H3,(H,19,21). The number of ether oxygens (including phenoxy) is 1. The van der Waals surface area contributed by atoms with Gasteiger partial charge in [0.1, 0.15) is 5.82 Å². The highest BCUT2D eigenvalue weighted by molar-refractivity contribution is 6.04. The molecule has 1 saturated heterocycles. The third-order valence-electron chi connectivity index (χ3n) is 3.62. The van der Waals surface area contributed by atoms with Crippen LogP contribution in [0.3, 0.4) is 0 Å². The van der Waals surface area contributed by atoms with Gasteiger partial charge in [-0.15, -0.1) is 0 Å². The first kappa shape index (κ1) is 14.5. The molecule has 3 rings (SSSR count). The van der Waals surface area contributed by atoms with Crippen LogP contribution >= 0.6 is 0 Å². The molecule has 1 N–H and O–H groups in total. The third-order valence-corrected chi connectivity index (χ3v) is 3.62. The van der Waals surface area contributed by atoms with Crippen molar-refractivity contribution >= 4 is 17.4 Å². The number of rotatable bonds is 3. The number of anilines is 2. The molecule has 0 saturated carbocycles.